The van der Waals surface area contributed by atoms with Gasteiger partial charge in [0.25, 0.3) is 5.91 Å². The highest BCUT2D eigenvalue weighted by atomic mass is 16.5. The molecule has 116 valence electrons. The normalized spacial score (nSPS) is 10.3. The predicted octanol–water partition coefficient (Wildman–Crippen LogP) is 3.89. The molecule has 3 rings (SSSR count). The molecule has 0 radical (unpaired) electrons. The van der Waals surface area contributed by atoms with Crippen molar-refractivity contribution in [3.63, 3.8) is 0 Å². The Morgan fingerprint density at radius 3 is 2.35 bits per heavy atom. The van der Waals surface area contributed by atoms with Crippen LogP contribution in [0.3, 0.4) is 0 Å². The molecule has 0 saturated carbocycles. The minimum absolute atomic E-state index is 0.105. The fourth-order valence-corrected chi connectivity index (χ4v) is 2.27. The van der Waals surface area contributed by atoms with Crippen LogP contribution in [0.4, 0.5) is 0 Å². The summed E-state index contributed by atoms with van der Waals surface area (Å²) in [7, 11) is 1.60. The molecule has 0 aliphatic rings. The smallest absolute Gasteiger partial charge is 0.251 e. The molecule has 23 heavy (non-hydrogen) atoms. The number of benzene rings is 2. The van der Waals surface area contributed by atoms with E-state index in [4.69, 9.17) is 9.15 Å². The van der Waals surface area contributed by atoms with Crippen molar-refractivity contribution in [2.75, 3.05) is 7.11 Å². The van der Waals surface area contributed by atoms with Crippen molar-refractivity contribution in [3.8, 4) is 16.9 Å². The minimum atomic E-state index is -0.105. The summed E-state index contributed by atoms with van der Waals surface area (Å²) in [5.41, 5.74) is 3.78. The Balaban J connectivity index is 1.60. The fourth-order valence-electron chi connectivity index (χ4n) is 2.27. The van der Waals surface area contributed by atoms with Gasteiger partial charge in [-0.15, -0.1) is 0 Å². The van der Waals surface area contributed by atoms with Crippen LogP contribution in [0.25, 0.3) is 11.1 Å². The van der Waals surface area contributed by atoms with Crippen molar-refractivity contribution in [1.29, 1.82) is 0 Å². The maximum Gasteiger partial charge on any atom is 0.251 e. The predicted molar refractivity (Wildman–Crippen MR) is 88.3 cm³/mol. The van der Waals surface area contributed by atoms with Gasteiger partial charge in [-0.25, -0.2) is 0 Å². The van der Waals surface area contributed by atoms with Crippen molar-refractivity contribution in [3.05, 3.63) is 78.3 Å². The van der Waals surface area contributed by atoms with Gasteiger partial charge in [0.1, 0.15) is 5.75 Å². The summed E-state index contributed by atoms with van der Waals surface area (Å²) in [6.45, 7) is 0.483. The first-order valence-corrected chi connectivity index (χ1v) is 7.30. The molecule has 0 saturated heterocycles. The standard InChI is InChI=1S/C19H17NO3/c1-22-18-8-6-16(7-9-18)19(21)20-12-14-2-4-15(5-3-14)17-10-11-23-13-17/h2-11,13H,12H2,1H3,(H,20,21). The zero-order valence-corrected chi connectivity index (χ0v) is 12.8. The van der Waals surface area contributed by atoms with Crippen LogP contribution in [0.2, 0.25) is 0 Å². The summed E-state index contributed by atoms with van der Waals surface area (Å²) in [6, 6.07) is 17.0. The zero-order chi connectivity index (χ0) is 16.1. The van der Waals surface area contributed by atoms with Crippen LogP contribution < -0.4 is 10.1 Å². The van der Waals surface area contributed by atoms with Crippen molar-refractivity contribution < 1.29 is 13.9 Å². The second-order valence-electron chi connectivity index (χ2n) is 5.12. The highest BCUT2D eigenvalue weighted by molar-refractivity contribution is 5.94. The van der Waals surface area contributed by atoms with Crippen LogP contribution in [0.5, 0.6) is 5.75 Å². The van der Waals surface area contributed by atoms with E-state index in [0.29, 0.717) is 12.1 Å². The topological polar surface area (TPSA) is 51.5 Å². The number of furan rings is 1. The van der Waals surface area contributed by atoms with Gasteiger partial charge in [-0.3, -0.25) is 4.79 Å². The SMILES string of the molecule is COc1ccc(C(=O)NCc2ccc(-c3ccoc3)cc2)cc1. The van der Waals surface area contributed by atoms with Gasteiger partial charge in [0.2, 0.25) is 0 Å². The van der Waals surface area contributed by atoms with E-state index in [2.05, 4.69) is 5.32 Å². The Morgan fingerprint density at radius 2 is 1.74 bits per heavy atom. The van der Waals surface area contributed by atoms with E-state index in [1.54, 1.807) is 43.9 Å². The molecule has 0 unspecified atom stereocenters. The molecule has 1 heterocycles. The summed E-state index contributed by atoms with van der Waals surface area (Å²) >= 11 is 0. The maximum absolute atomic E-state index is 12.1. The molecule has 0 aliphatic carbocycles. The Bertz CT molecular complexity index is 759. The molecular formula is C19H17NO3. The number of ether oxygens (including phenoxy) is 1. The molecule has 1 N–H and O–H groups in total. The average molecular weight is 307 g/mol. The van der Waals surface area contributed by atoms with Gasteiger partial charge in [-0.1, -0.05) is 24.3 Å². The van der Waals surface area contributed by atoms with E-state index in [1.165, 1.54) is 0 Å². The van der Waals surface area contributed by atoms with Gasteiger partial charge in [0, 0.05) is 17.7 Å². The number of hydrogen-bond donors (Lipinski definition) is 1. The first-order valence-electron chi connectivity index (χ1n) is 7.30. The molecule has 1 aromatic heterocycles. The van der Waals surface area contributed by atoms with Crippen LogP contribution in [-0.2, 0) is 6.54 Å². The molecule has 1 amide bonds. The van der Waals surface area contributed by atoms with Gasteiger partial charge in [0.05, 0.1) is 19.6 Å². The lowest BCUT2D eigenvalue weighted by molar-refractivity contribution is 0.0951. The summed E-state index contributed by atoms with van der Waals surface area (Å²) in [6.07, 6.45) is 3.36. The van der Waals surface area contributed by atoms with E-state index in [9.17, 15) is 4.79 Å². The molecular weight excluding hydrogens is 290 g/mol. The number of hydrogen-bond acceptors (Lipinski definition) is 3. The zero-order valence-electron chi connectivity index (χ0n) is 12.8. The highest BCUT2D eigenvalue weighted by Gasteiger charge is 2.06. The van der Waals surface area contributed by atoms with Crippen LogP contribution in [0.1, 0.15) is 15.9 Å². The Morgan fingerprint density at radius 1 is 1.00 bits per heavy atom. The summed E-state index contributed by atoms with van der Waals surface area (Å²) in [5.74, 6) is 0.628. The van der Waals surface area contributed by atoms with Crippen molar-refractivity contribution >= 4 is 5.91 Å². The number of amides is 1. The number of carbonyl (C=O) groups excluding carboxylic acids is 1. The van der Waals surface area contributed by atoms with E-state index in [-0.39, 0.29) is 5.91 Å². The molecule has 3 aromatic rings. The monoisotopic (exact) mass is 307 g/mol. The Hall–Kier alpha value is -3.01. The lowest BCUT2D eigenvalue weighted by Gasteiger charge is -2.07. The van der Waals surface area contributed by atoms with Gasteiger partial charge in [0.15, 0.2) is 0 Å². The quantitative estimate of drug-likeness (QED) is 0.778. The van der Waals surface area contributed by atoms with Crippen LogP contribution >= 0.6 is 0 Å². The second kappa shape index (κ2) is 6.83. The fraction of sp³-hybridized carbons (Fsp3) is 0.105. The lowest BCUT2D eigenvalue weighted by Crippen LogP contribution is -2.22. The number of nitrogens with one attached hydrogen (secondary N) is 1. The number of methoxy groups -OCH3 is 1. The van der Waals surface area contributed by atoms with Gasteiger partial charge in [-0.2, -0.15) is 0 Å². The molecule has 4 nitrogen and oxygen atoms in total. The van der Waals surface area contributed by atoms with Gasteiger partial charge in [-0.05, 0) is 41.5 Å². The Kier molecular flexibility index (Phi) is 4.43. The van der Waals surface area contributed by atoms with Gasteiger partial charge >= 0.3 is 0 Å². The van der Waals surface area contributed by atoms with E-state index in [0.717, 1.165) is 22.4 Å². The molecule has 0 fully saturated rings. The van der Waals surface area contributed by atoms with Crippen LogP contribution in [0, 0.1) is 0 Å². The number of rotatable bonds is 5. The highest BCUT2D eigenvalue weighted by Crippen LogP contribution is 2.20. The summed E-state index contributed by atoms with van der Waals surface area (Å²) < 4.78 is 10.2. The Labute approximate surface area is 134 Å². The van der Waals surface area contributed by atoms with Crippen molar-refractivity contribution in [2.45, 2.75) is 6.54 Å². The van der Waals surface area contributed by atoms with Crippen LogP contribution in [-0.4, -0.2) is 13.0 Å². The molecule has 0 aliphatic heterocycles. The first-order chi connectivity index (χ1) is 11.3. The minimum Gasteiger partial charge on any atom is -0.497 e. The molecule has 0 spiro atoms. The molecule has 0 atom stereocenters. The van der Waals surface area contributed by atoms with Crippen molar-refractivity contribution in [1.82, 2.24) is 5.32 Å². The largest absolute Gasteiger partial charge is 0.497 e. The third-order valence-corrected chi connectivity index (χ3v) is 3.61. The molecule has 2 aromatic carbocycles. The van der Waals surface area contributed by atoms with E-state index < -0.39 is 0 Å². The first kappa shape index (κ1) is 14.9. The molecule has 0 bridgehead atoms. The van der Waals surface area contributed by atoms with Crippen molar-refractivity contribution in [2.24, 2.45) is 0 Å². The third-order valence-electron chi connectivity index (χ3n) is 3.61. The summed E-state index contributed by atoms with van der Waals surface area (Å²) in [5, 5.41) is 2.91. The van der Waals surface area contributed by atoms with Crippen LogP contribution in [0.15, 0.2) is 71.5 Å². The third kappa shape index (κ3) is 3.61. The maximum atomic E-state index is 12.1. The van der Waals surface area contributed by atoms with E-state index >= 15 is 0 Å². The molecule has 4 heteroatoms. The summed E-state index contributed by atoms with van der Waals surface area (Å²) in [4.78, 5) is 12.1. The number of carbonyl (C=O) groups is 1. The average Bonchev–Trinajstić information content (AvgIpc) is 3.15. The lowest BCUT2D eigenvalue weighted by atomic mass is 10.1. The van der Waals surface area contributed by atoms with E-state index in [1.807, 2.05) is 30.3 Å². The van der Waals surface area contributed by atoms with Gasteiger partial charge < -0.3 is 14.5 Å². The second-order valence-corrected chi connectivity index (χ2v) is 5.12.